The van der Waals surface area contributed by atoms with E-state index < -0.39 is 0 Å². The maximum atomic E-state index is 5.83. The first kappa shape index (κ1) is 13.2. The van der Waals surface area contributed by atoms with Crippen LogP contribution in [-0.4, -0.2) is 29.1 Å². The Labute approximate surface area is 115 Å². The molecule has 0 amide bonds. The van der Waals surface area contributed by atoms with Crippen LogP contribution in [0, 0.1) is 0 Å². The highest BCUT2D eigenvalue weighted by Crippen LogP contribution is 2.28. The minimum absolute atomic E-state index is 0.122. The zero-order valence-corrected chi connectivity index (χ0v) is 12.4. The number of halogens is 1. The number of nitrogens with zero attached hydrogens (tertiary/aromatic N) is 3. The van der Waals surface area contributed by atoms with Gasteiger partial charge in [-0.1, -0.05) is 0 Å². The monoisotopic (exact) mass is 308 g/mol. The van der Waals surface area contributed by atoms with Crippen LogP contribution >= 0.6 is 15.9 Å². The van der Waals surface area contributed by atoms with Crippen LogP contribution in [0.3, 0.4) is 0 Å². The third-order valence-electron chi connectivity index (χ3n) is 3.29. The van der Waals surface area contributed by atoms with E-state index in [9.17, 15) is 0 Å². The Morgan fingerprint density at radius 2 is 2.11 bits per heavy atom. The topological polar surface area (TPSA) is 55.0 Å². The Bertz CT molecular complexity index is 568. The second-order valence-electron chi connectivity index (χ2n) is 4.93. The molecule has 0 bridgehead atoms. The summed E-state index contributed by atoms with van der Waals surface area (Å²) in [6.07, 6.45) is 3.59. The highest BCUT2D eigenvalue weighted by atomic mass is 79.9. The first-order valence-corrected chi connectivity index (χ1v) is 6.59. The fourth-order valence-corrected chi connectivity index (χ4v) is 2.04. The molecule has 2 aromatic heterocycles. The van der Waals surface area contributed by atoms with Gasteiger partial charge in [0.25, 0.3) is 0 Å². The van der Waals surface area contributed by atoms with Gasteiger partial charge < -0.3 is 10.6 Å². The van der Waals surface area contributed by atoms with Crippen molar-refractivity contribution in [2.75, 3.05) is 18.5 Å². The number of rotatable bonds is 3. The predicted molar refractivity (Wildman–Crippen MR) is 78.8 cm³/mol. The Hall–Kier alpha value is -1.20. The number of aromatic nitrogens is 2. The van der Waals surface area contributed by atoms with Crippen molar-refractivity contribution in [2.45, 2.75) is 19.4 Å². The maximum absolute atomic E-state index is 5.83. The number of fused-ring (bicyclic) bond motifs is 1. The molecule has 0 saturated heterocycles. The molecule has 0 aliphatic heterocycles. The molecule has 0 aromatic carbocycles. The summed E-state index contributed by atoms with van der Waals surface area (Å²) in [7, 11) is 2.03. The van der Waals surface area contributed by atoms with Gasteiger partial charge in [-0.15, -0.1) is 0 Å². The normalized spacial score (nSPS) is 11.8. The lowest BCUT2D eigenvalue weighted by molar-refractivity contribution is 0.499. The molecular weight excluding hydrogens is 292 g/mol. The van der Waals surface area contributed by atoms with Gasteiger partial charge in [-0.05, 0) is 41.9 Å². The Morgan fingerprint density at radius 1 is 1.39 bits per heavy atom. The van der Waals surface area contributed by atoms with Gasteiger partial charge in [0, 0.05) is 36.0 Å². The van der Waals surface area contributed by atoms with Crippen LogP contribution in [0.5, 0.6) is 0 Å². The SMILES string of the molecule is CN(c1ccnc2cc(Br)cnc12)C(C)(C)CN. The van der Waals surface area contributed by atoms with Gasteiger partial charge in [-0.3, -0.25) is 9.97 Å². The van der Waals surface area contributed by atoms with Gasteiger partial charge in [0.1, 0.15) is 5.52 Å². The lowest BCUT2D eigenvalue weighted by Gasteiger charge is -2.36. The number of hydrogen-bond acceptors (Lipinski definition) is 4. The Morgan fingerprint density at radius 3 is 2.78 bits per heavy atom. The van der Waals surface area contributed by atoms with E-state index in [1.54, 1.807) is 12.4 Å². The van der Waals surface area contributed by atoms with Crippen molar-refractivity contribution in [3.8, 4) is 0 Å². The largest absolute Gasteiger partial charge is 0.366 e. The summed E-state index contributed by atoms with van der Waals surface area (Å²) < 4.78 is 0.931. The lowest BCUT2D eigenvalue weighted by Crippen LogP contribution is -2.47. The van der Waals surface area contributed by atoms with Crippen molar-refractivity contribution in [3.63, 3.8) is 0 Å². The second kappa shape index (κ2) is 4.82. The molecule has 0 spiro atoms. The van der Waals surface area contributed by atoms with Crippen LogP contribution in [0.15, 0.2) is 29.0 Å². The van der Waals surface area contributed by atoms with Crippen LogP contribution in [-0.2, 0) is 0 Å². The molecule has 0 aliphatic carbocycles. The van der Waals surface area contributed by atoms with E-state index in [-0.39, 0.29) is 5.54 Å². The van der Waals surface area contributed by atoms with Crippen molar-refractivity contribution in [1.82, 2.24) is 9.97 Å². The molecule has 0 aliphatic rings. The maximum Gasteiger partial charge on any atom is 0.112 e. The van der Waals surface area contributed by atoms with Crippen molar-refractivity contribution in [3.05, 3.63) is 29.0 Å². The first-order valence-electron chi connectivity index (χ1n) is 5.80. The zero-order chi connectivity index (χ0) is 13.3. The summed E-state index contributed by atoms with van der Waals surface area (Å²) in [6, 6.07) is 3.94. The summed E-state index contributed by atoms with van der Waals surface area (Å²) >= 11 is 3.41. The van der Waals surface area contributed by atoms with Crippen LogP contribution in [0.1, 0.15) is 13.8 Å². The zero-order valence-electron chi connectivity index (χ0n) is 10.8. The van der Waals surface area contributed by atoms with Gasteiger partial charge in [-0.25, -0.2) is 0 Å². The Balaban J connectivity index is 2.58. The van der Waals surface area contributed by atoms with E-state index in [4.69, 9.17) is 5.73 Å². The summed E-state index contributed by atoms with van der Waals surface area (Å²) in [6.45, 7) is 4.79. The third-order valence-corrected chi connectivity index (χ3v) is 3.73. The predicted octanol–water partition coefficient (Wildman–Crippen LogP) is 2.57. The summed E-state index contributed by atoms with van der Waals surface area (Å²) in [5, 5.41) is 0. The average molecular weight is 309 g/mol. The minimum Gasteiger partial charge on any atom is -0.366 e. The molecule has 0 saturated carbocycles. The molecule has 96 valence electrons. The summed E-state index contributed by atoms with van der Waals surface area (Å²) in [5.41, 5.74) is 8.52. The standard InChI is InChI=1S/C13H17BrN4/c1-13(2,8-15)18(3)11-4-5-16-10-6-9(14)7-17-12(10)11/h4-7H,8,15H2,1-3H3. The van der Waals surface area contributed by atoms with Crippen LogP contribution in [0.25, 0.3) is 11.0 Å². The fourth-order valence-electron chi connectivity index (χ4n) is 1.73. The number of pyridine rings is 2. The molecule has 2 aromatic rings. The second-order valence-corrected chi connectivity index (χ2v) is 5.84. The van der Waals surface area contributed by atoms with Crippen molar-refractivity contribution in [2.24, 2.45) is 5.73 Å². The van der Waals surface area contributed by atoms with Gasteiger partial charge in [0.2, 0.25) is 0 Å². The van der Waals surface area contributed by atoms with E-state index >= 15 is 0 Å². The van der Waals surface area contributed by atoms with Gasteiger partial charge in [0.05, 0.1) is 11.2 Å². The highest BCUT2D eigenvalue weighted by molar-refractivity contribution is 9.10. The smallest absolute Gasteiger partial charge is 0.112 e. The third kappa shape index (κ3) is 2.33. The number of hydrogen-bond donors (Lipinski definition) is 1. The highest BCUT2D eigenvalue weighted by Gasteiger charge is 2.23. The van der Waals surface area contributed by atoms with Gasteiger partial charge >= 0.3 is 0 Å². The summed E-state index contributed by atoms with van der Waals surface area (Å²) in [4.78, 5) is 11.0. The molecule has 2 rings (SSSR count). The molecule has 0 unspecified atom stereocenters. The molecule has 0 atom stereocenters. The van der Waals surface area contributed by atoms with Crippen molar-refractivity contribution >= 4 is 32.7 Å². The molecule has 5 heteroatoms. The van der Waals surface area contributed by atoms with Gasteiger partial charge in [0.15, 0.2) is 0 Å². The Kier molecular flexibility index (Phi) is 3.54. The lowest BCUT2D eigenvalue weighted by atomic mass is 10.0. The van der Waals surface area contributed by atoms with Crippen LogP contribution < -0.4 is 10.6 Å². The average Bonchev–Trinajstić information content (AvgIpc) is 2.36. The number of likely N-dealkylation sites (N-methyl/N-ethyl adjacent to an activating group) is 1. The van der Waals surface area contributed by atoms with Crippen LogP contribution in [0.4, 0.5) is 5.69 Å². The molecule has 0 radical (unpaired) electrons. The molecular formula is C13H17BrN4. The molecule has 18 heavy (non-hydrogen) atoms. The number of anilines is 1. The van der Waals surface area contributed by atoms with E-state index in [2.05, 4.69) is 44.6 Å². The fraction of sp³-hybridized carbons (Fsp3) is 0.385. The van der Waals surface area contributed by atoms with Crippen LogP contribution in [0.2, 0.25) is 0 Å². The minimum atomic E-state index is -0.122. The van der Waals surface area contributed by atoms with E-state index in [1.807, 2.05) is 19.2 Å². The molecule has 2 N–H and O–H groups in total. The molecule has 2 heterocycles. The summed E-state index contributed by atoms with van der Waals surface area (Å²) in [5.74, 6) is 0. The van der Waals surface area contributed by atoms with E-state index in [0.29, 0.717) is 6.54 Å². The molecule has 4 nitrogen and oxygen atoms in total. The van der Waals surface area contributed by atoms with E-state index in [1.165, 1.54) is 0 Å². The van der Waals surface area contributed by atoms with E-state index in [0.717, 1.165) is 21.2 Å². The van der Waals surface area contributed by atoms with Crippen molar-refractivity contribution < 1.29 is 0 Å². The molecule has 0 fully saturated rings. The number of nitrogens with two attached hydrogens (primary N) is 1. The van der Waals surface area contributed by atoms with Gasteiger partial charge in [-0.2, -0.15) is 0 Å². The first-order chi connectivity index (χ1) is 8.45. The van der Waals surface area contributed by atoms with Crippen molar-refractivity contribution in [1.29, 1.82) is 0 Å². The quantitative estimate of drug-likeness (QED) is 0.947.